The zero-order valence-electron chi connectivity index (χ0n) is 15.1. The predicted molar refractivity (Wildman–Crippen MR) is 97.5 cm³/mol. The second kappa shape index (κ2) is 6.27. The van der Waals surface area contributed by atoms with E-state index < -0.39 is 5.92 Å². The molecule has 1 N–H and O–H groups in total. The van der Waals surface area contributed by atoms with Gasteiger partial charge in [0.15, 0.2) is 0 Å². The van der Waals surface area contributed by atoms with Gasteiger partial charge in [0.25, 0.3) is 0 Å². The Bertz CT molecular complexity index is 897. The van der Waals surface area contributed by atoms with E-state index in [1.54, 1.807) is 4.90 Å². The van der Waals surface area contributed by atoms with Crippen molar-refractivity contribution < 1.29 is 14.4 Å². The minimum absolute atomic E-state index is 0.149. The molecule has 2 aliphatic rings. The number of aryl methyl sites for hydroxylation is 1. The number of aromatic amines is 1. The van der Waals surface area contributed by atoms with Gasteiger partial charge in [0, 0.05) is 29.7 Å². The molecule has 0 bridgehead atoms. The lowest BCUT2D eigenvalue weighted by molar-refractivity contribution is -0.146. The van der Waals surface area contributed by atoms with Crippen molar-refractivity contribution in [2.75, 3.05) is 19.6 Å². The Morgan fingerprint density at radius 3 is 2.65 bits per heavy atom. The van der Waals surface area contributed by atoms with Crippen LogP contribution in [0.25, 0.3) is 10.9 Å². The van der Waals surface area contributed by atoms with Crippen molar-refractivity contribution in [3.05, 3.63) is 35.5 Å². The van der Waals surface area contributed by atoms with E-state index in [1.165, 1.54) is 4.90 Å². The summed E-state index contributed by atoms with van der Waals surface area (Å²) in [5, 5.41) is 1.01. The van der Waals surface area contributed by atoms with Crippen LogP contribution in [0.2, 0.25) is 0 Å². The topological polar surface area (TPSA) is 73.5 Å². The van der Waals surface area contributed by atoms with E-state index >= 15 is 0 Å². The lowest BCUT2D eigenvalue weighted by Gasteiger charge is -2.22. The van der Waals surface area contributed by atoms with Crippen molar-refractivity contribution >= 4 is 28.6 Å². The van der Waals surface area contributed by atoms with E-state index in [0.717, 1.165) is 28.6 Å². The highest BCUT2D eigenvalue weighted by molar-refractivity contribution is 6.11. The van der Waals surface area contributed by atoms with E-state index in [2.05, 4.69) is 4.98 Å². The number of fused-ring (bicyclic) bond motifs is 5. The molecule has 3 amide bonds. The molecule has 0 unspecified atom stereocenters. The number of rotatable bonds is 4. The average Bonchev–Trinajstić information content (AvgIpc) is 3.13. The van der Waals surface area contributed by atoms with Gasteiger partial charge < -0.3 is 9.88 Å². The maximum atomic E-state index is 13.1. The van der Waals surface area contributed by atoms with Crippen molar-refractivity contribution in [2.45, 2.75) is 32.6 Å². The number of benzene rings is 1. The molecule has 6 heteroatoms. The number of aromatic nitrogens is 1. The molecule has 6 nitrogen and oxygen atoms in total. The number of hydrogen-bond donors (Lipinski definition) is 1. The third-order valence-electron chi connectivity index (χ3n) is 5.77. The summed E-state index contributed by atoms with van der Waals surface area (Å²) in [6.07, 6.45) is 1.40. The van der Waals surface area contributed by atoms with Gasteiger partial charge in [-0.3, -0.25) is 19.3 Å². The summed E-state index contributed by atoms with van der Waals surface area (Å²) in [5.74, 6) is -1.41. The second-order valence-electron chi connectivity index (χ2n) is 7.01. The standard InChI is InChI=1S/C20H23N3O3/c1-3-22(4-2)16(24)11-23-19(25)13-9-10-15-17(18(13)20(23)26)12-7-5-6-8-14(12)21-15/h5-8,13,18,21H,3-4,9-11H2,1-2H3/t13-,18-/m0/s1. The number of H-pyrrole nitrogens is 1. The summed E-state index contributed by atoms with van der Waals surface area (Å²) in [7, 11) is 0. The zero-order valence-corrected chi connectivity index (χ0v) is 15.1. The number of nitrogens with one attached hydrogen (secondary N) is 1. The maximum absolute atomic E-state index is 13.1. The number of imide groups is 1. The van der Waals surface area contributed by atoms with Crippen LogP contribution in [0.1, 0.15) is 37.4 Å². The minimum atomic E-state index is -0.466. The van der Waals surface area contributed by atoms with Gasteiger partial charge in [-0.2, -0.15) is 0 Å². The van der Waals surface area contributed by atoms with E-state index in [-0.39, 0.29) is 30.2 Å². The molecule has 2 heterocycles. The van der Waals surface area contributed by atoms with Crippen LogP contribution in [0, 0.1) is 5.92 Å². The molecule has 1 saturated heterocycles. The van der Waals surface area contributed by atoms with E-state index in [9.17, 15) is 14.4 Å². The first-order valence-corrected chi connectivity index (χ1v) is 9.29. The second-order valence-corrected chi connectivity index (χ2v) is 7.01. The Labute approximate surface area is 152 Å². The van der Waals surface area contributed by atoms with Crippen LogP contribution in [0.4, 0.5) is 0 Å². The summed E-state index contributed by atoms with van der Waals surface area (Å²) in [5.41, 5.74) is 2.99. The van der Waals surface area contributed by atoms with E-state index in [1.807, 2.05) is 38.1 Å². The maximum Gasteiger partial charge on any atom is 0.242 e. The first-order chi connectivity index (χ1) is 12.6. The molecule has 0 radical (unpaired) electrons. The molecule has 1 aromatic heterocycles. The Kier molecular flexibility index (Phi) is 4.05. The van der Waals surface area contributed by atoms with Crippen molar-refractivity contribution in [3.63, 3.8) is 0 Å². The first-order valence-electron chi connectivity index (χ1n) is 9.29. The predicted octanol–water partition coefficient (Wildman–Crippen LogP) is 2.05. The smallest absolute Gasteiger partial charge is 0.242 e. The highest BCUT2D eigenvalue weighted by atomic mass is 16.2. The highest BCUT2D eigenvalue weighted by Gasteiger charge is 2.51. The molecule has 4 rings (SSSR count). The van der Waals surface area contributed by atoms with E-state index in [4.69, 9.17) is 0 Å². The first kappa shape index (κ1) is 16.8. The van der Waals surface area contributed by atoms with Gasteiger partial charge in [0.05, 0.1) is 11.8 Å². The van der Waals surface area contributed by atoms with Crippen LogP contribution in [0.15, 0.2) is 24.3 Å². The largest absolute Gasteiger partial charge is 0.358 e. The fourth-order valence-corrected chi connectivity index (χ4v) is 4.45. The van der Waals surface area contributed by atoms with E-state index in [0.29, 0.717) is 19.5 Å². The zero-order chi connectivity index (χ0) is 18.4. The van der Waals surface area contributed by atoms with Gasteiger partial charge in [0.1, 0.15) is 6.54 Å². The van der Waals surface area contributed by atoms with Gasteiger partial charge in [-0.15, -0.1) is 0 Å². The lowest BCUT2D eigenvalue weighted by Crippen LogP contribution is -2.43. The Hall–Kier alpha value is -2.63. The normalized spacial score (nSPS) is 21.8. The third-order valence-corrected chi connectivity index (χ3v) is 5.77. The van der Waals surface area contributed by atoms with Crippen molar-refractivity contribution in [3.8, 4) is 0 Å². The molecule has 1 fully saturated rings. The number of carbonyl (C=O) groups is 3. The highest BCUT2D eigenvalue weighted by Crippen LogP contribution is 2.45. The quantitative estimate of drug-likeness (QED) is 0.855. The molecule has 1 aromatic carbocycles. The summed E-state index contributed by atoms with van der Waals surface area (Å²) < 4.78 is 0. The fourth-order valence-electron chi connectivity index (χ4n) is 4.45. The molecular weight excluding hydrogens is 330 g/mol. The molecule has 2 aromatic rings. The molecule has 26 heavy (non-hydrogen) atoms. The molecule has 136 valence electrons. The van der Waals surface area contributed by atoms with Gasteiger partial charge in [0.2, 0.25) is 17.7 Å². The summed E-state index contributed by atoms with van der Waals surface area (Å²) in [6.45, 7) is 4.79. The lowest BCUT2D eigenvalue weighted by atomic mass is 9.78. The number of amides is 3. The Morgan fingerprint density at radius 1 is 1.19 bits per heavy atom. The third kappa shape index (κ3) is 2.35. The van der Waals surface area contributed by atoms with Gasteiger partial charge in [-0.1, -0.05) is 18.2 Å². The van der Waals surface area contributed by atoms with Crippen molar-refractivity contribution in [2.24, 2.45) is 5.92 Å². The summed E-state index contributed by atoms with van der Waals surface area (Å²) in [6, 6.07) is 7.89. The molecule has 2 atom stereocenters. The van der Waals surface area contributed by atoms with Crippen molar-refractivity contribution in [1.82, 2.24) is 14.8 Å². The minimum Gasteiger partial charge on any atom is -0.358 e. The summed E-state index contributed by atoms with van der Waals surface area (Å²) in [4.78, 5) is 44.7. The van der Waals surface area contributed by atoms with Crippen LogP contribution in [-0.4, -0.2) is 52.1 Å². The molecule has 1 aliphatic carbocycles. The van der Waals surface area contributed by atoms with Crippen LogP contribution in [0.5, 0.6) is 0 Å². The number of likely N-dealkylation sites (tertiary alicyclic amines) is 1. The Morgan fingerprint density at radius 2 is 1.92 bits per heavy atom. The van der Waals surface area contributed by atoms with Crippen LogP contribution < -0.4 is 0 Å². The average molecular weight is 353 g/mol. The van der Waals surface area contributed by atoms with Gasteiger partial charge >= 0.3 is 0 Å². The summed E-state index contributed by atoms with van der Waals surface area (Å²) >= 11 is 0. The number of nitrogens with zero attached hydrogens (tertiary/aromatic N) is 2. The monoisotopic (exact) mass is 353 g/mol. The van der Waals surface area contributed by atoms with Crippen molar-refractivity contribution in [1.29, 1.82) is 0 Å². The number of likely N-dealkylation sites (N-methyl/N-ethyl adjacent to an activating group) is 1. The molecular formula is C20H23N3O3. The van der Waals surface area contributed by atoms with Crippen LogP contribution >= 0.6 is 0 Å². The fraction of sp³-hybridized carbons (Fsp3) is 0.450. The molecule has 0 saturated carbocycles. The van der Waals surface area contributed by atoms with Gasteiger partial charge in [-0.05, 0) is 38.3 Å². The number of carbonyl (C=O) groups excluding carboxylic acids is 3. The number of hydrogen-bond acceptors (Lipinski definition) is 3. The SMILES string of the molecule is CCN(CC)C(=O)CN1C(=O)[C@H]2CCc3[nH]c4ccccc4c3[C@H]2C1=O. The van der Waals surface area contributed by atoms with Crippen LogP contribution in [-0.2, 0) is 20.8 Å². The molecule has 1 aliphatic heterocycles. The van der Waals surface area contributed by atoms with Crippen LogP contribution in [0.3, 0.4) is 0 Å². The molecule has 0 spiro atoms. The van der Waals surface area contributed by atoms with Gasteiger partial charge in [-0.25, -0.2) is 0 Å². The Balaban J connectivity index is 1.69. The number of para-hydroxylation sites is 1.